The molecule has 0 spiro atoms. The average Bonchev–Trinajstić information content (AvgIpc) is 2.61. The maximum absolute atomic E-state index is 6.04. The molecule has 0 atom stereocenters. The Bertz CT molecular complexity index is 702. The number of rotatable bonds is 6. The summed E-state index contributed by atoms with van der Waals surface area (Å²) < 4.78 is 0. The molecule has 0 aliphatic heterocycles. The van der Waals surface area contributed by atoms with E-state index in [0.29, 0.717) is 0 Å². The fourth-order valence-corrected chi connectivity index (χ4v) is 2.93. The van der Waals surface area contributed by atoms with Crippen LogP contribution in [0.4, 0.5) is 0 Å². The molecule has 1 radical (unpaired) electrons. The number of benzene rings is 3. The zero-order chi connectivity index (χ0) is 15.9. The van der Waals surface area contributed by atoms with E-state index < -0.39 is 0 Å². The minimum absolute atomic E-state index is 0.788. The van der Waals surface area contributed by atoms with Gasteiger partial charge in [-0.1, -0.05) is 84.4 Å². The quantitative estimate of drug-likeness (QED) is 0.512. The van der Waals surface area contributed by atoms with E-state index in [9.17, 15) is 0 Å². The third-order valence-corrected chi connectivity index (χ3v) is 4.32. The SMILES string of the molecule is Clc1ccc([C](CCc2ccccc2)Cc2ccccc2)cc1. The molecule has 0 saturated heterocycles. The molecule has 3 aromatic carbocycles. The van der Waals surface area contributed by atoms with Gasteiger partial charge in [-0.2, -0.15) is 0 Å². The summed E-state index contributed by atoms with van der Waals surface area (Å²) in [7, 11) is 0. The summed E-state index contributed by atoms with van der Waals surface area (Å²) in [4.78, 5) is 0. The molecule has 0 saturated carbocycles. The lowest BCUT2D eigenvalue weighted by Crippen LogP contribution is -2.06. The van der Waals surface area contributed by atoms with Crippen LogP contribution in [0.3, 0.4) is 0 Å². The van der Waals surface area contributed by atoms with Crippen molar-refractivity contribution in [1.82, 2.24) is 0 Å². The first-order chi connectivity index (χ1) is 11.3. The molecule has 0 bridgehead atoms. The molecule has 0 heterocycles. The fraction of sp³-hybridized carbons (Fsp3) is 0.136. The first kappa shape index (κ1) is 15.8. The topological polar surface area (TPSA) is 0 Å². The Morgan fingerprint density at radius 2 is 1.22 bits per heavy atom. The number of halogens is 1. The lowest BCUT2D eigenvalue weighted by molar-refractivity contribution is 0.803. The Balaban J connectivity index is 1.76. The van der Waals surface area contributed by atoms with Crippen LogP contribution in [0.2, 0.25) is 5.02 Å². The molecule has 0 fully saturated rings. The second kappa shape index (κ2) is 7.99. The fourth-order valence-electron chi connectivity index (χ4n) is 2.80. The minimum atomic E-state index is 0.788. The van der Waals surface area contributed by atoms with E-state index in [-0.39, 0.29) is 0 Å². The summed E-state index contributed by atoms with van der Waals surface area (Å²) >= 11 is 6.04. The van der Waals surface area contributed by atoms with Gasteiger partial charge in [0, 0.05) is 10.9 Å². The molecule has 0 nitrogen and oxygen atoms in total. The molecule has 23 heavy (non-hydrogen) atoms. The lowest BCUT2D eigenvalue weighted by atomic mass is 9.87. The Morgan fingerprint density at radius 1 is 0.652 bits per heavy atom. The van der Waals surface area contributed by atoms with Crippen molar-refractivity contribution in [3.63, 3.8) is 0 Å². The molecular weight excluding hydrogens is 300 g/mol. The second-order valence-corrected chi connectivity index (χ2v) is 6.19. The van der Waals surface area contributed by atoms with Gasteiger partial charge in [0.2, 0.25) is 0 Å². The normalized spacial score (nSPS) is 10.9. The molecule has 1 heteroatoms. The van der Waals surface area contributed by atoms with Gasteiger partial charge in [0.1, 0.15) is 0 Å². The van der Waals surface area contributed by atoms with Gasteiger partial charge in [0.25, 0.3) is 0 Å². The van der Waals surface area contributed by atoms with Crippen molar-refractivity contribution < 1.29 is 0 Å². The van der Waals surface area contributed by atoms with Gasteiger partial charge >= 0.3 is 0 Å². The van der Waals surface area contributed by atoms with Gasteiger partial charge < -0.3 is 0 Å². The largest absolute Gasteiger partial charge is 0.0843 e. The van der Waals surface area contributed by atoms with Crippen molar-refractivity contribution in [2.75, 3.05) is 0 Å². The summed E-state index contributed by atoms with van der Waals surface area (Å²) in [6.07, 6.45) is 3.10. The van der Waals surface area contributed by atoms with Gasteiger partial charge in [-0.15, -0.1) is 0 Å². The van der Waals surface area contributed by atoms with Crippen molar-refractivity contribution in [3.8, 4) is 0 Å². The van der Waals surface area contributed by atoms with Crippen LogP contribution in [0.1, 0.15) is 23.1 Å². The highest BCUT2D eigenvalue weighted by Crippen LogP contribution is 2.26. The molecular formula is C22H20Cl. The van der Waals surface area contributed by atoms with Crippen LogP contribution < -0.4 is 0 Å². The highest BCUT2D eigenvalue weighted by atomic mass is 35.5. The van der Waals surface area contributed by atoms with Crippen LogP contribution in [0.25, 0.3) is 0 Å². The van der Waals surface area contributed by atoms with Gasteiger partial charge in [-0.3, -0.25) is 0 Å². The Hall–Kier alpha value is -2.05. The van der Waals surface area contributed by atoms with Crippen molar-refractivity contribution >= 4 is 11.6 Å². The zero-order valence-corrected chi connectivity index (χ0v) is 13.8. The first-order valence-electron chi connectivity index (χ1n) is 8.00. The summed E-state index contributed by atoms with van der Waals surface area (Å²) in [5.74, 6) is 1.46. The van der Waals surface area contributed by atoms with Crippen molar-refractivity contribution in [1.29, 1.82) is 0 Å². The summed E-state index contributed by atoms with van der Waals surface area (Å²) in [5.41, 5.74) is 4.02. The Morgan fingerprint density at radius 3 is 1.83 bits per heavy atom. The van der Waals surface area contributed by atoms with E-state index >= 15 is 0 Å². The molecule has 0 aliphatic rings. The maximum atomic E-state index is 6.04. The van der Waals surface area contributed by atoms with Crippen molar-refractivity contribution in [3.05, 3.63) is 113 Å². The van der Waals surface area contributed by atoms with Crippen molar-refractivity contribution in [2.45, 2.75) is 19.3 Å². The number of hydrogen-bond donors (Lipinski definition) is 0. The molecule has 0 N–H and O–H groups in total. The first-order valence-corrected chi connectivity index (χ1v) is 8.37. The van der Waals surface area contributed by atoms with Crippen LogP contribution in [-0.2, 0) is 12.8 Å². The summed E-state index contributed by atoms with van der Waals surface area (Å²) in [6.45, 7) is 0. The van der Waals surface area contributed by atoms with Crippen LogP contribution in [0, 0.1) is 5.92 Å². The Labute approximate surface area is 143 Å². The van der Waals surface area contributed by atoms with Crippen molar-refractivity contribution in [2.24, 2.45) is 0 Å². The molecule has 0 amide bonds. The molecule has 0 aliphatic carbocycles. The number of hydrogen-bond acceptors (Lipinski definition) is 0. The monoisotopic (exact) mass is 319 g/mol. The number of aryl methyl sites for hydroxylation is 1. The zero-order valence-electron chi connectivity index (χ0n) is 13.1. The summed E-state index contributed by atoms with van der Waals surface area (Å²) in [6, 6.07) is 29.5. The third kappa shape index (κ3) is 4.71. The van der Waals surface area contributed by atoms with Crippen LogP contribution in [-0.4, -0.2) is 0 Å². The Kier molecular flexibility index (Phi) is 5.50. The van der Waals surface area contributed by atoms with Gasteiger partial charge in [-0.25, -0.2) is 0 Å². The van der Waals surface area contributed by atoms with E-state index in [0.717, 1.165) is 24.3 Å². The predicted molar refractivity (Wildman–Crippen MR) is 98.7 cm³/mol. The smallest absolute Gasteiger partial charge is 0.0406 e. The van der Waals surface area contributed by atoms with Gasteiger partial charge in [-0.05, 0) is 48.1 Å². The van der Waals surface area contributed by atoms with E-state index in [4.69, 9.17) is 11.6 Å². The molecule has 3 rings (SSSR count). The highest BCUT2D eigenvalue weighted by Gasteiger charge is 2.13. The maximum Gasteiger partial charge on any atom is 0.0406 e. The lowest BCUT2D eigenvalue weighted by Gasteiger charge is -2.17. The predicted octanol–water partition coefficient (Wildman–Crippen LogP) is 6.14. The molecule has 115 valence electrons. The third-order valence-electron chi connectivity index (χ3n) is 4.07. The minimum Gasteiger partial charge on any atom is -0.0843 e. The van der Waals surface area contributed by atoms with Crippen LogP contribution >= 0.6 is 11.6 Å². The molecule has 0 aromatic heterocycles. The van der Waals surface area contributed by atoms with E-state index in [1.54, 1.807) is 0 Å². The van der Waals surface area contributed by atoms with E-state index in [1.807, 2.05) is 12.1 Å². The molecule has 0 unspecified atom stereocenters. The highest BCUT2D eigenvalue weighted by molar-refractivity contribution is 6.30. The van der Waals surface area contributed by atoms with Crippen LogP contribution in [0.15, 0.2) is 84.9 Å². The van der Waals surface area contributed by atoms with Gasteiger partial charge in [0.15, 0.2) is 0 Å². The van der Waals surface area contributed by atoms with E-state index in [2.05, 4.69) is 72.8 Å². The molecule has 3 aromatic rings. The van der Waals surface area contributed by atoms with Crippen LogP contribution in [0.5, 0.6) is 0 Å². The second-order valence-electron chi connectivity index (χ2n) is 5.76. The van der Waals surface area contributed by atoms with Gasteiger partial charge in [0.05, 0.1) is 0 Å². The average molecular weight is 320 g/mol. The van der Waals surface area contributed by atoms with E-state index in [1.165, 1.54) is 22.6 Å². The standard InChI is InChI=1S/C22H20Cl/c23-22-15-13-20(14-16-22)21(17-19-9-5-2-6-10-19)12-11-18-7-3-1-4-8-18/h1-10,13-16H,11-12,17H2. The summed E-state index contributed by atoms with van der Waals surface area (Å²) in [5, 5.41) is 0.788.